The highest BCUT2D eigenvalue weighted by Crippen LogP contribution is 2.37. The van der Waals surface area contributed by atoms with Crippen molar-refractivity contribution in [3.8, 4) is 11.1 Å². The number of halogens is 1. The number of hydrogen-bond acceptors (Lipinski definition) is 4. The molecule has 30 heavy (non-hydrogen) atoms. The van der Waals surface area contributed by atoms with Crippen LogP contribution in [0.5, 0.6) is 0 Å². The maximum atomic E-state index is 13.2. The molecule has 1 fully saturated rings. The first-order chi connectivity index (χ1) is 14.6. The fourth-order valence-corrected chi connectivity index (χ4v) is 4.34. The molecule has 1 atom stereocenters. The second-order valence-electron chi connectivity index (χ2n) is 7.53. The van der Waals surface area contributed by atoms with Crippen molar-refractivity contribution in [2.24, 2.45) is 5.92 Å². The molecule has 1 aliphatic heterocycles. The van der Waals surface area contributed by atoms with Gasteiger partial charge in [-0.2, -0.15) is 0 Å². The summed E-state index contributed by atoms with van der Waals surface area (Å²) in [5.74, 6) is -0.321. The lowest BCUT2D eigenvalue weighted by Gasteiger charge is -2.34. The SMILES string of the molecule is O=C(NCCO)[C@@H]1CCCN(c2c(-c3ccccc3)c3cc(Cl)ccc3[nH]c2=O)C1. The maximum Gasteiger partial charge on any atom is 0.272 e. The van der Waals surface area contributed by atoms with Crippen LogP contribution in [-0.2, 0) is 4.79 Å². The number of aromatic nitrogens is 1. The van der Waals surface area contributed by atoms with Gasteiger partial charge >= 0.3 is 0 Å². The molecule has 0 radical (unpaired) electrons. The van der Waals surface area contributed by atoms with Crippen molar-refractivity contribution in [2.45, 2.75) is 12.8 Å². The van der Waals surface area contributed by atoms with Gasteiger partial charge < -0.3 is 20.3 Å². The zero-order valence-electron chi connectivity index (χ0n) is 16.5. The molecular weight excluding hydrogens is 402 g/mol. The Labute approximate surface area is 179 Å². The molecule has 3 N–H and O–H groups in total. The topological polar surface area (TPSA) is 85.4 Å². The third kappa shape index (κ3) is 4.06. The lowest BCUT2D eigenvalue weighted by Crippen LogP contribution is -2.45. The number of aliphatic hydroxyl groups is 1. The third-order valence-electron chi connectivity index (χ3n) is 5.53. The second kappa shape index (κ2) is 8.90. The van der Waals surface area contributed by atoms with E-state index in [4.69, 9.17) is 16.7 Å². The first-order valence-corrected chi connectivity index (χ1v) is 10.5. The summed E-state index contributed by atoms with van der Waals surface area (Å²) in [6.07, 6.45) is 1.56. The summed E-state index contributed by atoms with van der Waals surface area (Å²) in [6, 6.07) is 15.2. The van der Waals surface area contributed by atoms with Gasteiger partial charge in [-0.3, -0.25) is 9.59 Å². The Hall–Kier alpha value is -2.83. The van der Waals surface area contributed by atoms with Gasteiger partial charge in [0.15, 0.2) is 0 Å². The first kappa shape index (κ1) is 20.4. The van der Waals surface area contributed by atoms with E-state index in [0.717, 1.165) is 34.9 Å². The van der Waals surface area contributed by atoms with E-state index in [-0.39, 0.29) is 30.5 Å². The molecule has 0 unspecified atom stereocenters. The predicted octanol–water partition coefficient (Wildman–Crippen LogP) is 3.17. The molecule has 0 saturated carbocycles. The summed E-state index contributed by atoms with van der Waals surface area (Å²) >= 11 is 6.29. The van der Waals surface area contributed by atoms with Crippen LogP contribution in [0.25, 0.3) is 22.0 Å². The van der Waals surface area contributed by atoms with Crippen LogP contribution in [0.15, 0.2) is 53.3 Å². The monoisotopic (exact) mass is 425 g/mol. The van der Waals surface area contributed by atoms with Gasteiger partial charge in [-0.05, 0) is 36.6 Å². The third-order valence-corrected chi connectivity index (χ3v) is 5.77. The molecule has 7 heteroatoms. The van der Waals surface area contributed by atoms with Crippen molar-refractivity contribution in [3.63, 3.8) is 0 Å². The molecule has 4 rings (SSSR count). The van der Waals surface area contributed by atoms with E-state index >= 15 is 0 Å². The van der Waals surface area contributed by atoms with Crippen LogP contribution in [-0.4, -0.2) is 42.2 Å². The van der Waals surface area contributed by atoms with Crippen LogP contribution < -0.4 is 15.8 Å². The quantitative estimate of drug-likeness (QED) is 0.586. The average Bonchev–Trinajstić information content (AvgIpc) is 2.77. The Kier molecular flexibility index (Phi) is 6.06. The van der Waals surface area contributed by atoms with Gasteiger partial charge in [-0.1, -0.05) is 41.9 Å². The number of amides is 1. The summed E-state index contributed by atoms with van der Waals surface area (Å²) in [6.45, 7) is 1.29. The number of hydrogen-bond donors (Lipinski definition) is 3. The highest BCUT2D eigenvalue weighted by Gasteiger charge is 2.29. The van der Waals surface area contributed by atoms with E-state index < -0.39 is 0 Å². The van der Waals surface area contributed by atoms with Gasteiger partial charge in [0.2, 0.25) is 5.91 Å². The van der Waals surface area contributed by atoms with Gasteiger partial charge in [-0.25, -0.2) is 0 Å². The van der Waals surface area contributed by atoms with Crippen LogP contribution in [0, 0.1) is 5.92 Å². The number of nitrogens with zero attached hydrogens (tertiary/aromatic N) is 1. The summed E-state index contributed by atoms with van der Waals surface area (Å²) < 4.78 is 0. The average molecular weight is 426 g/mol. The van der Waals surface area contributed by atoms with E-state index in [9.17, 15) is 9.59 Å². The van der Waals surface area contributed by atoms with E-state index in [0.29, 0.717) is 23.8 Å². The standard InChI is InChI=1S/C23H24ClN3O3/c24-17-8-9-19-18(13-17)20(15-5-2-1-3-6-15)21(23(30)26-19)27-11-4-7-16(14-27)22(29)25-10-12-28/h1-3,5-6,8-9,13,16,28H,4,7,10-12,14H2,(H,25,29)(H,26,30)/t16-/m1/s1. The number of pyridine rings is 1. The van der Waals surface area contributed by atoms with Crippen LogP contribution in [0.4, 0.5) is 5.69 Å². The number of fused-ring (bicyclic) bond motifs is 1. The van der Waals surface area contributed by atoms with Crippen molar-refractivity contribution in [3.05, 3.63) is 63.9 Å². The molecule has 3 aromatic rings. The molecular formula is C23H24ClN3O3. The van der Waals surface area contributed by atoms with Gasteiger partial charge in [0.1, 0.15) is 5.69 Å². The summed E-state index contributed by atoms with van der Waals surface area (Å²) in [4.78, 5) is 30.7. The number of H-pyrrole nitrogens is 1. The van der Waals surface area contributed by atoms with E-state index in [1.54, 1.807) is 6.07 Å². The molecule has 2 heterocycles. The number of aliphatic hydroxyl groups excluding tert-OH is 1. The summed E-state index contributed by atoms with van der Waals surface area (Å²) in [5, 5.41) is 13.2. The van der Waals surface area contributed by atoms with Gasteiger partial charge in [0.25, 0.3) is 5.56 Å². The molecule has 0 aliphatic carbocycles. The Bertz CT molecular complexity index is 1110. The van der Waals surface area contributed by atoms with Crippen LogP contribution in [0.2, 0.25) is 5.02 Å². The van der Waals surface area contributed by atoms with Crippen LogP contribution in [0.3, 0.4) is 0 Å². The Balaban J connectivity index is 1.83. The van der Waals surface area contributed by atoms with Crippen molar-refractivity contribution >= 4 is 34.1 Å². The molecule has 1 aliphatic rings. The molecule has 6 nitrogen and oxygen atoms in total. The van der Waals surface area contributed by atoms with Gasteiger partial charge in [-0.15, -0.1) is 0 Å². The van der Waals surface area contributed by atoms with Crippen LogP contribution in [0.1, 0.15) is 12.8 Å². The highest BCUT2D eigenvalue weighted by atomic mass is 35.5. The lowest BCUT2D eigenvalue weighted by molar-refractivity contribution is -0.125. The van der Waals surface area contributed by atoms with Crippen LogP contribution >= 0.6 is 11.6 Å². The zero-order chi connectivity index (χ0) is 21.1. The predicted molar refractivity (Wildman–Crippen MR) is 120 cm³/mol. The first-order valence-electron chi connectivity index (χ1n) is 10.1. The van der Waals surface area contributed by atoms with Crippen molar-refractivity contribution in [2.75, 3.05) is 31.1 Å². The number of piperidine rings is 1. The number of carbonyl (C=O) groups excluding carboxylic acids is 1. The van der Waals surface area contributed by atoms with E-state index in [1.807, 2.05) is 47.4 Å². The number of carbonyl (C=O) groups is 1. The summed E-state index contributed by atoms with van der Waals surface area (Å²) in [5.41, 5.74) is 2.86. The zero-order valence-corrected chi connectivity index (χ0v) is 17.3. The molecule has 0 spiro atoms. The minimum Gasteiger partial charge on any atom is -0.395 e. The Morgan fingerprint density at radius 1 is 1.23 bits per heavy atom. The summed E-state index contributed by atoms with van der Waals surface area (Å²) in [7, 11) is 0. The fraction of sp³-hybridized carbons (Fsp3) is 0.304. The number of aromatic amines is 1. The largest absolute Gasteiger partial charge is 0.395 e. The van der Waals surface area contributed by atoms with E-state index in [1.165, 1.54) is 0 Å². The smallest absolute Gasteiger partial charge is 0.272 e. The molecule has 2 aromatic carbocycles. The fourth-order valence-electron chi connectivity index (χ4n) is 4.17. The maximum absolute atomic E-state index is 13.2. The minimum absolute atomic E-state index is 0.0877. The molecule has 1 aromatic heterocycles. The second-order valence-corrected chi connectivity index (χ2v) is 7.97. The normalized spacial score (nSPS) is 16.6. The van der Waals surface area contributed by atoms with Gasteiger partial charge in [0, 0.05) is 41.1 Å². The number of rotatable bonds is 5. The van der Waals surface area contributed by atoms with Crippen molar-refractivity contribution in [1.82, 2.24) is 10.3 Å². The van der Waals surface area contributed by atoms with Crippen molar-refractivity contribution in [1.29, 1.82) is 0 Å². The number of nitrogens with one attached hydrogen (secondary N) is 2. The number of anilines is 1. The van der Waals surface area contributed by atoms with Crippen molar-refractivity contribution < 1.29 is 9.90 Å². The molecule has 1 amide bonds. The highest BCUT2D eigenvalue weighted by molar-refractivity contribution is 6.31. The minimum atomic E-state index is -0.233. The Morgan fingerprint density at radius 3 is 2.80 bits per heavy atom. The molecule has 1 saturated heterocycles. The molecule has 156 valence electrons. The Morgan fingerprint density at radius 2 is 2.03 bits per heavy atom. The molecule has 0 bridgehead atoms. The van der Waals surface area contributed by atoms with Gasteiger partial charge in [0.05, 0.1) is 12.5 Å². The number of benzene rings is 2. The lowest BCUT2D eigenvalue weighted by atomic mass is 9.94. The van der Waals surface area contributed by atoms with E-state index in [2.05, 4.69) is 10.3 Å².